The fraction of sp³-hybridized carbons (Fsp3) is 0.400. The molecular weight excluding hydrogens is 204 g/mol. The Morgan fingerprint density at radius 1 is 0.875 bits per heavy atom. The Bertz CT molecular complexity index is 366. The monoisotopic (exact) mass is 218 g/mol. The Balaban J connectivity index is 3.15. The van der Waals surface area contributed by atoms with Gasteiger partial charge < -0.3 is 0 Å². The summed E-state index contributed by atoms with van der Waals surface area (Å²) in [5.74, 6) is 0. The van der Waals surface area contributed by atoms with Gasteiger partial charge in [-0.2, -0.15) is 10.5 Å². The fourth-order valence-electron chi connectivity index (χ4n) is 1.26. The molecule has 1 heterocycles. The summed E-state index contributed by atoms with van der Waals surface area (Å²) in [6.07, 6.45) is 3.25. The van der Waals surface area contributed by atoms with E-state index in [0.29, 0.717) is 11.1 Å². The van der Waals surface area contributed by atoms with Crippen molar-refractivity contribution in [3.63, 3.8) is 0 Å². The number of hydrogen-bond acceptors (Lipinski definition) is 6. The minimum Gasteiger partial charge on any atom is -0.207 e. The smallest absolute Gasteiger partial charge is 0.102 e. The van der Waals surface area contributed by atoms with Gasteiger partial charge in [-0.25, -0.2) is 20.3 Å². The lowest BCUT2D eigenvalue weighted by atomic mass is 10.1. The minimum absolute atomic E-state index is 0.356. The topological polar surface area (TPSA) is 60.5 Å². The molecule has 0 fully saturated rings. The van der Waals surface area contributed by atoms with Crippen molar-refractivity contribution >= 4 is 0 Å². The maximum atomic E-state index is 8.93. The number of nitriles is 2. The highest BCUT2D eigenvalue weighted by molar-refractivity contribution is 5.50. The van der Waals surface area contributed by atoms with Crippen molar-refractivity contribution in [1.29, 1.82) is 10.5 Å². The summed E-state index contributed by atoms with van der Waals surface area (Å²) >= 11 is 0. The normalized spacial score (nSPS) is 15.8. The van der Waals surface area contributed by atoms with Gasteiger partial charge in [0.25, 0.3) is 0 Å². The van der Waals surface area contributed by atoms with E-state index in [1.54, 1.807) is 22.6 Å². The first kappa shape index (κ1) is 12.1. The van der Waals surface area contributed by atoms with Crippen LogP contribution in [0.15, 0.2) is 23.5 Å². The van der Waals surface area contributed by atoms with E-state index in [4.69, 9.17) is 10.5 Å². The third kappa shape index (κ3) is 2.14. The summed E-state index contributed by atoms with van der Waals surface area (Å²) in [6.45, 7) is 0. The van der Waals surface area contributed by atoms with Crippen LogP contribution < -0.4 is 0 Å². The molecule has 84 valence electrons. The second-order valence-electron chi connectivity index (χ2n) is 3.64. The zero-order valence-corrected chi connectivity index (χ0v) is 9.84. The lowest BCUT2D eigenvalue weighted by Gasteiger charge is -2.42. The molecule has 0 radical (unpaired) electrons. The van der Waals surface area contributed by atoms with Crippen LogP contribution >= 0.6 is 0 Å². The van der Waals surface area contributed by atoms with Crippen molar-refractivity contribution in [3.8, 4) is 12.1 Å². The number of hydrazine groups is 3. The van der Waals surface area contributed by atoms with Gasteiger partial charge in [-0.3, -0.25) is 0 Å². The summed E-state index contributed by atoms with van der Waals surface area (Å²) in [5, 5.41) is 24.9. The molecule has 0 aliphatic carbocycles. The van der Waals surface area contributed by atoms with Gasteiger partial charge in [-0.15, -0.1) is 0 Å². The Labute approximate surface area is 95.4 Å². The fourth-order valence-corrected chi connectivity index (χ4v) is 1.26. The SMILES string of the molecule is CN(C)N1C=C(C#N)C(C#N)=CN1N(C)C. The van der Waals surface area contributed by atoms with Crippen LogP contribution in [-0.2, 0) is 0 Å². The molecule has 0 aromatic heterocycles. The average molecular weight is 218 g/mol. The minimum atomic E-state index is 0.356. The summed E-state index contributed by atoms with van der Waals surface area (Å²) in [5.41, 5.74) is 0.712. The molecule has 0 atom stereocenters. The van der Waals surface area contributed by atoms with E-state index in [1.165, 1.54) is 0 Å². The average Bonchev–Trinajstić information content (AvgIpc) is 2.26. The number of allylic oxidation sites excluding steroid dienone is 2. The molecule has 1 aliphatic heterocycles. The lowest BCUT2D eigenvalue weighted by molar-refractivity contribution is -0.188. The van der Waals surface area contributed by atoms with Crippen molar-refractivity contribution in [2.75, 3.05) is 28.2 Å². The van der Waals surface area contributed by atoms with Crippen LogP contribution in [0.1, 0.15) is 0 Å². The van der Waals surface area contributed by atoms with Crippen molar-refractivity contribution < 1.29 is 0 Å². The van der Waals surface area contributed by atoms with Crippen LogP contribution in [0.3, 0.4) is 0 Å². The number of hydrogen-bond donors (Lipinski definition) is 0. The van der Waals surface area contributed by atoms with E-state index < -0.39 is 0 Å². The summed E-state index contributed by atoms with van der Waals surface area (Å²) < 4.78 is 0. The van der Waals surface area contributed by atoms with Crippen LogP contribution in [0.5, 0.6) is 0 Å². The zero-order valence-electron chi connectivity index (χ0n) is 9.84. The van der Waals surface area contributed by atoms with E-state index in [0.717, 1.165) is 0 Å². The van der Waals surface area contributed by atoms with Crippen LogP contribution in [0.25, 0.3) is 0 Å². The third-order valence-corrected chi connectivity index (χ3v) is 2.05. The van der Waals surface area contributed by atoms with Gasteiger partial charge in [0.1, 0.15) is 12.1 Å². The molecule has 6 heteroatoms. The van der Waals surface area contributed by atoms with Gasteiger partial charge in [0.05, 0.1) is 23.5 Å². The summed E-state index contributed by atoms with van der Waals surface area (Å²) in [4.78, 5) is 0. The quantitative estimate of drug-likeness (QED) is 0.663. The molecule has 0 bridgehead atoms. The highest BCUT2D eigenvalue weighted by atomic mass is 16.0. The molecule has 0 aromatic rings. The number of nitrogens with zero attached hydrogens (tertiary/aromatic N) is 6. The lowest BCUT2D eigenvalue weighted by Crippen LogP contribution is -2.51. The first-order valence-electron chi connectivity index (χ1n) is 4.68. The van der Waals surface area contributed by atoms with Crippen LogP contribution in [-0.4, -0.2) is 48.4 Å². The van der Waals surface area contributed by atoms with Crippen molar-refractivity contribution in [2.24, 2.45) is 0 Å². The molecule has 0 amide bonds. The van der Waals surface area contributed by atoms with Crippen LogP contribution in [0.2, 0.25) is 0 Å². The van der Waals surface area contributed by atoms with E-state index in [9.17, 15) is 0 Å². The first-order valence-corrected chi connectivity index (χ1v) is 4.68. The molecule has 6 nitrogen and oxygen atoms in total. The van der Waals surface area contributed by atoms with Gasteiger partial charge >= 0.3 is 0 Å². The molecule has 0 unspecified atom stereocenters. The predicted molar refractivity (Wildman–Crippen MR) is 58.4 cm³/mol. The molecule has 1 aliphatic rings. The van der Waals surface area contributed by atoms with Crippen LogP contribution in [0, 0.1) is 22.7 Å². The van der Waals surface area contributed by atoms with Crippen molar-refractivity contribution in [1.82, 2.24) is 20.3 Å². The maximum absolute atomic E-state index is 8.93. The molecule has 1 rings (SSSR count). The van der Waals surface area contributed by atoms with Crippen molar-refractivity contribution in [2.45, 2.75) is 0 Å². The van der Waals surface area contributed by atoms with Crippen LogP contribution in [0.4, 0.5) is 0 Å². The Kier molecular flexibility index (Phi) is 3.51. The van der Waals surface area contributed by atoms with Gasteiger partial charge in [-0.1, -0.05) is 0 Å². The summed E-state index contributed by atoms with van der Waals surface area (Å²) in [7, 11) is 7.42. The zero-order chi connectivity index (χ0) is 12.3. The summed E-state index contributed by atoms with van der Waals surface area (Å²) in [6, 6.07) is 4.01. The number of rotatable bonds is 2. The Morgan fingerprint density at radius 3 is 1.38 bits per heavy atom. The standard InChI is InChI=1S/C10H14N6/c1-13(2)15-7-9(5-11)10(6-12)8-16(15)14(3)4/h7-8H,1-4H3. The van der Waals surface area contributed by atoms with E-state index in [1.807, 2.05) is 50.3 Å². The van der Waals surface area contributed by atoms with Gasteiger partial charge in [0, 0.05) is 28.2 Å². The highest BCUT2D eigenvalue weighted by Gasteiger charge is 2.22. The molecular formula is C10H14N6. The third-order valence-electron chi connectivity index (χ3n) is 2.05. The molecule has 16 heavy (non-hydrogen) atoms. The predicted octanol–water partition coefficient (Wildman–Crippen LogP) is 0.287. The molecule has 0 saturated carbocycles. The molecule has 0 spiro atoms. The van der Waals surface area contributed by atoms with Crippen molar-refractivity contribution in [3.05, 3.63) is 23.5 Å². The second-order valence-corrected chi connectivity index (χ2v) is 3.64. The van der Waals surface area contributed by atoms with E-state index in [2.05, 4.69) is 0 Å². The van der Waals surface area contributed by atoms with Gasteiger partial charge in [0.2, 0.25) is 0 Å². The Morgan fingerprint density at radius 2 is 1.19 bits per heavy atom. The van der Waals surface area contributed by atoms with E-state index >= 15 is 0 Å². The first-order chi connectivity index (χ1) is 7.51. The Hall–Kier alpha value is -2.02. The van der Waals surface area contributed by atoms with Gasteiger partial charge in [-0.05, 0) is 0 Å². The highest BCUT2D eigenvalue weighted by Crippen LogP contribution is 2.20. The molecule has 0 aromatic carbocycles. The van der Waals surface area contributed by atoms with Gasteiger partial charge in [0.15, 0.2) is 0 Å². The largest absolute Gasteiger partial charge is 0.207 e. The second kappa shape index (κ2) is 4.67. The maximum Gasteiger partial charge on any atom is 0.102 e. The molecule has 0 N–H and O–H groups in total. The molecule has 0 saturated heterocycles. The van der Waals surface area contributed by atoms with E-state index in [-0.39, 0.29) is 0 Å².